The third-order valence-electron chi connectivity index (χ3n) is 3.55. The zero-order chi connectivity index (χ0) is 16.5. The fourth-order valence-corrected chi connectivity index (χ4v) is 2.29. The first-order chi connectivity index (χ1) is 10.3. The van der Waals surface area contributed by atoms with E-state index in [4.69, 9.17) is 10.5 Å². The van der Waals surface area contributed by atoms with Crippen LogP contribution in [0.25, 0.3) is 0 Å². The van der Waals surface area contributed by atoms with Crippen molar-refractivity contribution in [2.24, 2.45) is 5.92 Å². The summed E-state index contributed by atoms with van der Waals surface area (Å²) in [6.45, 7) is 3.16. The molecule has 1 aromatic heterocycles. The van der Waals surface area contributed by atoms with Gasteiger partial charge in [-0.25, -0.2) is 9.18 Å². The number of rotatable bonds is 4. The van der Waals surface area contributed by atoms with Crippen molar-refractivity contribution >= 4 is 5.82 Å². The van der Waals surface area contributed by atoms with Crippen LogP contribution in [0.15, 0.2) is 29.2 Å². The van der Waals surface area contributed by atoms with Crippen LogP contribution in [0.3, 0.4) is 0 Å². The quantitative estimate of drug-likeness (QED) is 0.675. The van der Waals surface area contributed by atoms with E-state index in [1.807, 2.05) is 13.8 Å². The lowest BCUT2D eigenvalue weighted by atomic mass is 9.95. The summed E-state index contributed by atoms with van der Waals surface area (Å²) in [7, 11) is 0. The van der Waals surface area contributed by atoms with Crippen LogP contribution in [0.2, 0.25) is 0 Å². The van der Waals surface area contributed by atoms with Gasteiger partial charge in [0.15, 0.2) is 12.4 Å². The van der Waals surface area contributed by atoms with Crippen molar-refractivity contribution in [1.82, 2.24) is 9.55 Å². The predicted molar refractivity (Wildman–Crippen MR) is 77.7 cm³/mol. The van der Waals surface area contributed by atoms with Crippen LogP contribution in [0.1, 0.15) is 20.1 Å². The molecule has 2 rings (SSSR count). The third-order valence-corrected chi connectivity index (χ3v) is 3.55. The number of nitrogens with zero attached hydrogens (tertiary/aromatic N) is 2. The molecule has 1 saturated heterocycles. The van der Waals surface area contributed by atoms with E-state index in [0.29, 0.717) is 0 Å². The van der Waals surface area contributed by atoms with Crippen molar-refractivity contribution in [3.05, 3.63) is 34.9 Å². The predicted octanol–water partition coefficient (Wildman–Crippen LogP) is -0.00340. The molecule has 4 atom stereocenters. The molecular weight excluding hydrogens is 293 g/mol. The summed E-state index contributed by atoms with van der Waals surface area (Å²) >= 11 is 0. The van der Waals surface area contributed by atoms with Gasteiger partial charge in [0.1, 0.15) is 17.5 Å². The van der Waals surface area contributed by atoms with Gasteiger partial charge in [0.25, 0.3) is 0 Å². The van der Waals surface area contributed by atoms with Gasteiger partial charge in [-0.05, 0) is 12.0 Å². The summed E-state index contributed by atoms with van der Waals surface area (Å²) in [5.41, 5.74) is 3.00. The fraction of sp³-hybridized carbons (Fsp3) is 0.571. The molecule has 0 bridgehead atoms. The number of halogens is 1. The van der Waals surface area contributed by atoms with E-state index in [1.165, 1.54) is 18.3 Å². The smallest absolute Gasteiger partial charge is 0.351 e. The first-order valence-corrected chi connectivity index (χ1v) is 6.95. The Kier molecular flexibility index (Phi) is 4.64. The molecule has 4 N–H and O–H groups in total. The molecule has 0 radical (unpaired) electrons. The topological polar surface area (TPSA) is 111 Å². The summed E-state index contributed by atoms with van der Waals surface area (Å²) in [5, 5.41) is 19.7. The Morgan fingerprint density at radius 1 is 1.64 bits per heavy atom. The average molecular weight is 313 g/mol. The van der Waals surface area contributed by atoms with Crippen molar-refractivity contribution in [2.45, 2.75) is 38.0 Å². The first-order valence-electron chi connectivity index (χ1n) is 6.95. The maximum Gasteiger partial charge on any atom is 0.351 e. The van der Waals surface area contributed by atoms with Gasteiger partial charge >= 0.3 is 5.69 Å². The summed E-state index contributed by atoms with van der Waals surface area (Å²) in [4.78, 5) is 15.3. The summed E-state index contributed by atoms with van der Waals surface area (Å²) in [6, 6.07) is 1.33. The molecule has 1 unspecified atom stereocenters. The first kappa shape index (κ1) is 16.6. The molecule has 0 aliphatic carbocycles. The van der Waals surface area contributed by atoms with Crippen molar-refractivity contribution in [3.63, 3.8) is 0 Å². The van der Waals surface area contributed by atoms with Gasteiger partial charge in [-0.15, -0.1) is 0 Å². The maximum absolute atomic E-state index is 14.4. The standard InChI is InChI=1S/C14H20FN3O4/c1-8(2)3-5-14(7-19)11(20)10(15)12(22-14)18-6-4-9(16)17-13(18)21/h3-6,8,10-12,19-20H,7H2,1-2H3,(H2,16,17,21)/b5-3+/t10-,11+,12?,14-/m1/s1. The molecule has 22 heavy (non-hydrogen) atoms. The molecule has 7 nitrogen and oxygen atoms in total. The zero-order valence-electron chi connectivity index (χ0n) is 12.4. The Balaban J connectivity index is 2.38. The van der Waals surface area contributed by atoms with E-state index in [2.05, 4.69) is 4.98 Å². The molecule has 0 saturated carbocycles. The van der Waals surface area contributed by atoms with Crippen molar-refractivity contribution in [2.75, 3.05) is 12.3 Å². The van der Waals surface area contributed by atoms with Crippen LogP contribution in [0, 0.1) is 5.92 Å². The minimum absolute atomic E-state index is 0.00308. The lowest BCUT2D eigenvalue weighted by Gasteiger charge is -2.26. The number of aromatic nitrogens is 2. The van der Waals surface area contributed by atoms with Gasteiger partial charge in [-0.3, -0.25) is 4.57 Å². The number of anilines is 1. The van der Waals surface area contributed by atoms with E-state index in [0.717, 1.165) is 4.57 Å². The van der Waals surface area contributed by atoms with Gasteiger partial charge in [0.05, 0.1) is 6.61 Å². The molecule has 0 spiro atoms. The van der Waals surface area contributed by atoms with Crippen LogP contribution in [0.5, 0.6) is 0 Å². The van der Waals surface area contributed by atoms with Crippen LogP contribution in [-0.4, -0.2) is 44.2 Å². The number of aliphatic hydroxyl groups excluding tert-OH is 2. The average Bonchev–Trinajstić information content (AvgIpc) is 2.71. The number of hydrogen-bond acceptors (Lipinski definition) is 6. The molecule has 0 aromatic carbocycles. The molecule has 1 fully saturated rings. The van der Waals surface area contributed by atoms with Crippen LogP contribution >= 0.6 is 0 Å². The number of nitrogens with two attached hydrogens (primary N) is 1. The molecule has 122 valence electrons. The van der Waals surface area contributed by atoms with Crippen molar-refractivity contribution in [3.8, 4) is 0 Å². The van der Waals surface area contributed by atoms with Crippen molar-refractivity contribution in [1.29, 1.82) is 0 Å². The largest absolute Gasteiger partial charge is 0.393 e. The molecule has 0 amide bonds. The van der Waals surface area contributed by atoms with Crippen LogP contribution < -0.4 is 11.4 Å². The monoisotopic (exact) mass is 313 g/mol. The number of alkyl halides is 1. The van der Waals surface area contributed by atoms with Gasteiger partial charge in [0, 0.05) is 6.20 Å². The second-order valence-electron chi connectivity index (χ2n) is 5.66. The summed E-state index contributed by atoms with van der Waals surface area (Å²) in [5.74, 6) is 0.126. The highest BCUT2D eigenvalue weighted by atomic mass is 19.1. The second-order valence-corrected chi connectivity index (χ2v) is 5.66. The SMILES string of the molecule is CC(C)/C=C/[C@]1(CO)OC(n2ccc(N)nc2=O)[C@H](F)[C@@H]1O. The van der Waals surface area contributed by atoms with Gasteiger partial charge in [-0.2, -0.15) is 4.98 Å². The van der Waals surface area contributed by atoms with E-state index in [9.17, 15) is 19.4 Å². The Labute approximate surface area is 126 Å². The highest BCUT2D eigenvalue weighted by Crippen LogP contribution is 2.39. The molecule has 1 aliphatic rings. The number of allylic oxidation sites excluding steroid dienone is 1. The Hall–Kier alpha value is -1.77. The highest BCUT2D eigenvalue weighted by molar-refractivity contribution is 5.24. The number of hydrogen-bond donors (Lipinski definition) is 3. The van der Waals surface area contributed by atoms with E-state index < -0.39 is 36.4 Å². The Bertz CT molecular complexity index is 618. The summed E-state index contributed by atoms with van der Waals surface area (Å²) < 4.78 is 20.8. The Morgan fingerprint density at radius 3 is 2.86 bits per heavy atom. The normalized spacial score (nSPS) is 32.2. The molecular formula is C14H20FN3O4. The van der Waals surface area contributed by atoms with Gasteiger partial charge < -0.3 is 20.7 Å². The van der Waals surface area contributed by atoms with Gasteiger partial charge in [-0.1, -0.05) is 26.0 Å². The number of aliphatic hydroxyl groups is 2. The number of nitrogen functional groups attached to an aromatic ring is 1. The van der Waals surface area contributed by atoms with Crippen molar-refractivity contribution < 1.29 is 19.3 Å². The highest BCUT2D eigenvalue weighted by Gasteiger charge is 2.54. The molecule has 8 heteroatoms. The fourth-order valence-electron chi connectivity index (χ4n) is 2.29. The summed E-state index contributed by atoms with van der Waals surface area (Å²) in [6.07, 6.45) is -0.522. The van der Waals surface area contributed by atoms with Crippen LogP contribution in [0.4, 0.5) is 10.2 Å². The minimum atomic E-state index is -1.90. The lowest BCUT2D eigenvalue weighted by Crippen LogP contribution is -2.43. The minimum Gasteiger partial charge on any atom is -0.393 e. The zero-order valence-corrected chi connectivity index (χ0v) is 12.4. The third kappa shape index (κ3) is 2.90. The van der Waals surface area contributed by atoms with Gasteiger partial charge in [0.2, 0.25) is 0 Å². The van der Waals surface area contributed by atoms with E-state index in [-0.39, 0.29) is 11.7 Å². The second kappa shape index (κ2) is 6.15. The Morgan fingerprint density at radius 2 is 2.32 bits per heavy atom. The lowest BCUT2D eigenvalue weighted by molar-refractivity contribution is -0.0986. The molecule has 2 heterocycles. The number of ether oxygens (including phenoxy) is 1. The molecule has 1 aliphatic heterocycles. The molecule has 1 aromatic rings. The maximum atomic E-state index is 14.4. The van der Waals surface area contributed by atoms with Crippen LogP contribution in [-0.2, 0) is 4.74 Å². The van der Waals surface area contributed by atoms with E-state index in [1.54, 1.807) is 6.08 Å². The van der Waals surface area contributed by atoms with E-state index >= 15 is 0 Å².